The second-order valence-corrected chi connectivity index (χ2v) is 11.1. The Labute approximate surface area is 215 Å². The van der Waals surface area contributed by atoms with Crippen LogP contribution in [0.5, 0.6) is 11.5 Å². The van der Waals surface area contributed by atoms with Gasteiger partial charge in [0.25, 0.3) is 0 Å². The number of fused-ring (bicyclic) bond motifs is 1. The lowest BCUT2D eigenvalue weighted by molar-refractivity contribution is 0.0562. The van der Waals surface area contributed by atoms with Crippen LogP contribution in [0.1, 0.15) is 63.0 Å². The Morgan fingerprint density at radius 3 is 2.53 bits per heavy atom. The van der Waals surface area contributed by atoms with E-state index in [2.05, 4.69) is 48.1 Å². The van der Waals surface area contributed by atoms with Gasteiger partial charge in [-0.05, 0) is 106 Å². The summed E-state index contributed by atoms with van der Waals surface area (Å²) in [5.74, 6) is 3.62. The normalized spacial score (nSPS) is 21.8. The van der Waals surface area contributed by atoms with Gasteiger partial charge in [0, 0.05) is 17.6 Å². The van der Waals surface area contributed by atoms with Gasteiger partial charge in [-0.25, -0.2) is 4.98 Å². The van der Waals surface area contributed by atoms with Gasteiger partial charge in [-0.1, -0.05) is 19.9 Å². The summed E-state index contributed by atoms with van der Waals surface area (Å²) in [6, 6.07) is 12.1. The average Bonchev–Trinajstić information content (AvgIpc) is 3.33. The predicted molar refractivity (Wildman–Crippen MR) is 147 cm³/mol. The highest BCUT2D eigenvalue weighted by atomic mass is 16.5. The molecular formula is C30H42N4O2. The van der Waals surface area contributed by atoms with Crippen LogP contribution in [0.25, 0.3) is 22.4 Å². The standard InChI is InChI=1S/C30H42N4O2/c1-19(2)14-25-16-21(10-13-34(25)24-8-11-31-12-9-24)23-15-20(3)29-26(17-23)32-30(33-29)22-6-7-27(35-4)28(18-22)36-5/h6-7,15,17-19,21,24-25,31H,8-14,16H2,1-5H3,(H,32,33)/t21?,25-/m1/s1. The summed E-state index contributed by atoms with van der Waals surface area (Å²) < 4.78 is 10.9. The molecule has 1 aromatic heterocycles. The van der Waals surface area contributed by atoms with Crippen molar-refractivity contribution in [2.45, 2.75) is 70.9 Å². The van der Waals surface area contributed by atoms with Crippen molar-refractivity contribution >= 4 is 11.0 Å². The van der Waals surface area contributed by atoms with Crippen molar-refractivity contribution in [2.75, 3.05) is 33.9 Å². The quantitative estimate of drug-likeness (QED) is 0.432. The van der Waals surface area contributed by atoms with E-state index < -0.39 is 0 Å². The van der Waals surface area contributed by atoms with E-state index in [1.54, 1.807) is 14.2 Å². The maximum Gasteiger partial charge on any atom is 0.161 e. The van der Waals surface area contributed by atoms with E-state index in [-0.39, 0.29) is 0 Å². The van der Waals surface area contributed by atoms with Crippen molar-refractivity contribution in [2.24, 2.45) is 5.92 Å². The van der Waals surface area contributed by atoms with E-state index in [0.717, 1.165) is 53.2 Å². The number of nitrogens with one attached hydrogen (secondary N) is 2. The number of hydrogen-bond donors (Lipinski definition) is 2. The van der Waals surface area contributed by atoms with Gasteiger partial charge >= 0.3 is 0 Å². The third kappa shape index (κ3) is 5.12. The van der Waals surface area contributed by atoms with Crippen LogP contribution < -0.4 is 14.8 Å². The van der Waals surface area contributed by atoms with E-state index in [4.69, 9.17) is 14.5 Å². The fourth-order valence-corrected chi connectivity index (χ4v) is 6.44. The number of methoxy groups -OCH3 is 2. The summed E-state index contributed by atoms with van der Waals surface area (Å²) in [6.07, 6.45) is 6.35. The van der Waals surface area contributed by atoms with Gasteiger partial charge in [0.15, 0.2) is 11.5 Å². The summed E-state index contributed by atoms with van der Waals surface area (Å²) in [5, 5.41) is 3.54. The Hall–Kier alpha value is -2.57. The predicted octanol–water partition coefficient (Wildman–Crippen LogP) is 5.90. The van der Waals surface area contributed by atoms with Gasteiger partial charge < -0.3 is 19.8 Å². The number of ether oxygens (including phenoxy) is 2. The van der Waals surface area contributed by atoms with Crippen LogP contribution in [-0.2, 0) is 0 Å². The number of rotatable bonds is 7. The summed E-state index contributed by atoms with van der Waals surface area (Å²) in [4.78, 5) is 11.4. The van der Waals surface area contributed by atoms with E-state index in [1.807, 2.05) is 18.2 Å². The summed E-state index contributed by atoms with van der Waals surface area (Å²) >= 11 is 0. The van der Waals surface area contributed by atoms with Crippen molar-refractivity contribution in [3.05, 3.63) is 41.5 Å². The lowest BCUT2D eigenvalue weighted by Gasteiger charge is -2.46. The Bertz CT molecular complexity index is 1180. The van der Waals surface area contributed by atoms with Crippen LogP contribution in [0, 0.1) is 12.8 Å². The molecule has 2 aliphatic heterocycles. The third-order valence-electron chi connectivity index (χ3n) is 8.21. The lowest BCUT2D eigenvalue weighted by Crippen LogP contribution is -2.51. The molecule has 36 heavy (non-hydrogen) atoms. The SMILES string of the molecule is COc1ccc(-c2nc3c(C)cc(C4CCN(C5CCNCC5)[C@H](CC(C)C)C4)cc3[nH]2)cc1OC. The average molecular weight is 491 g/mol. The number of likely N-dealkylation sites (tertiary alicyclic amines) is 1. The monoisotopic (exact) mass is 490 g/mol. The topological polar surface area (TPSA) is 62.4 Å². The summed E-state index contributed by atoms with van der Waals surface area (Å²) in [7, 11) is 3.33. The van der Waals surface area contributed by atoms with Crippen molar-refractivity contribution in [3.8, 4) is 22.9 Å². The molecule has 0 bridgehead atoms. The highest BCUT2D eigenvalue weighted by Gasteiger charge is 2.34. The molecule has 2 aromatic carbocycles. The molecule has 0 radical (unpaired) electrons. The van der Waals surface area contributed by atoms with Crippen molar-refractivity contribution in [1.82, 2.24) is 20.2 Å². The van der Waals surface area contributed by atoms with E-state index in [9.17, 15) is 0 Å². The summed E-state index contributed by atoms with van der Waals surface area (Å²) in [5.41, 5.74) is 5.87. The molecule has 194 valence electrons. The van der Waals surface area contributed by atoms with Gasteiger partial charge in [0.1, 0.15) is 5.82 Å². The van der Waals surface area contributed by atoms with Crippen LogP contribution in [0.2, 0.25) is 0 Å². The van der Waals surface area contributed by atoms with E-state index in [1.165, 1.54) is 49.8 Å². The number of piperidine rings is 2. The molecule has 2 atom stereocenters. The first-order valence-electron chi connectivity index (χ1n) is 13.7. The van der Waals surface area contributed by atoms with E-state index in [0.29, 0.717) is 17.7 Å². The Morgan fingerprint density at radius 1 is 1.03 bits per heavy atom. The second-order valence-electron chi connectivity index (χ2n) is 11.1. The fraction of sp³-hybridized carbons (Fsp3) is 0.567. The minimum Gasteiger partial charge on any atom is -0.493 e. The zero-order valence-corrected chi connectivity index (χ0v) is 22.6. The molecule has 2 N–H and O–H groups in total. The molecule has 2 fully saturated rings. The third-order valence-corrected chi connectivity index (χ3v) is 8.21. The van der Waals surface area contributed by atoms with Crippen LogP contribution >= 0.6 is 0 Å². The number of hydrogen-bond acceptors (Lipinski definition) is 5. The number of aryl methyl sites for hydroxylation is 1. The minimum absolute atomic E-state index is 0.600. The lowest BCUT2D eigenvalue weighted by atomic mass is 9.80. The van der Waals surface area contributed by atoms with Gasteiger partial charge in [0.2, 0.25) is 0 Å². The summed E-state index contributed by atoms with van der Waals surface area (Å²) in [6.45, 7) is 10.5. The highest BCUT2D eigenvalue weighted by Crippen LogP contribution is 2.38. The molecule has 0 amide bonds. The Morgan fingerprint density at radius 2 is 1.81 bits per heavy atom. The molecule has 0 spiro atoms. The number of imidazole rings is 1. The molecule has 1 unspecified atom stereocenters. The van der Waals surface area contributed by atoms with Crippen LogP contribution in [0.15, 0.2) is 30.3 Å². The maximum absolute atomic E-state index is 5.51. The minimum atomic E-state index is 0.600. The number of H-pyrrole nitrogens is 1. The molecule has 2 saturated heterocycles. The first-order valence-corrected chi connectivity index (χ1v) is 13.7. The largest absolute Gasteiger partial charge is 0.493 e. The highest BCUT2D eigenvalue weighted by molar-refractivity contribution is 5.83. The van der Waals surface area contributed by atoms with Crippen LogP contribution in [-0.4, -0.2) is 60.8 Å². The zero-order valence-electron chi connectivity index (χ0n) is 22.6. The fourth-order valence-electron chi connectivity index (χ4n) is 6.44. The van der Waals surface area contributed by atoms with Crippen molar-refractivity contribution in [1.29, 1.82) is 0 Å². The smallest absolute Gasteiger partial charge is 0.161 e. The van der Waals surface area contributed by atoms with Crippen molar-refractivity contribution < 1.29 is 9.47 Å². The van der Waals surface area contributed by atoms with Gasteiger partial charge in [-0.2, -0.15) is 0 Å². The molecule has 2 aliphatic rings. The molecule has 6 nitrogen and oxygen atoms in total. The Balaban J connectivity index is 1.41. The number of aromatic amines is 1. The number of benzene rings is 2. The van der Waals surface area contributed by atoms with Crippen molar-refractivity contribution in [3.63, 3.8) is 0 Å². The number of nitrogens with zero attached hydrogens (tertiary/aromatic N) is 2. The molecule has 6 heteroatoms. The zero-order chi connectivity index (χ0) is 25.2. The molecule has 0 aliphatic carbocycles. The first-order chi connectivity index (χ1) is 17.5. The van der Waals surface area contributed by atoms with Crippen LogP contribution in [0.3, 0.4) is 0 Å². The van der Waals surface area contributed by atoms with Gasteiger partial charge in [0.05, 0.1) is 25.3 Å². The van der Waals surface area contributed by atoms with E-state index >= 15 is 0 Å². The molecule has 3 heterocycles. The van der Waals surface area contributed by atoms with Gasteiger partial charge in [-0.15, -0.1) is 0 Å². The Kier molecular flexibility index (Phi) is 7.54. The molecule has 5 rings (SSSR count). The van der Waals surface area contributed by atoms with Crippen LogP contribution in [0.4, 0.5) is 0 Å². The maximum atomic E-state index is 5.51. The van der Waals surface area contributed by atoms with Gasteiger partial charge in [-0.3, -0.25) is 4.90 Å². The molecule has 0 saturated carbocycles. The first kappa shape index (κ1) is 25.1. The molecule has 3 aromatic rings. The number of aromatic nitrogens is 2. The molecular weight excluding hydrogens is 448 g/mol. The second kappa shape index (κ2) is 10.8.